The van der Waals surface area contributed by atoms with Crippen molar-refractivity contribution in [2.24, 2.45) is 5.73 Å². The van der Waals surface area contributed by atoms with E-state index in [1.807, 2.05) is 31.3 Å². The summed E-state index contributed by atoms with van der Waals surface area (Å²) in [6.07, 6.45) is 3.72. The van der Waals surface area contributed by atoms with Gasteiger partial charge in [0.25, 0.3) is 0 Å². The maximum Gasteiger partial charge on any atom is 0.123 e. The lowest BCUT2D eigenvalue weighted by Crippen LogP contribution is -2.04. The first kappa shape index (κ1) is 13.5. The van der Waals surface area contributed by atoms with Gasteiger partial charge in [-0.05, 0) is 48.4 Å². The molecule has 3 aromatic rings. The Bertz CT molecular complexity index is 745. The molecule has 106 valence electrons. The first-order chi connectivity index (χ1) is 10.1. The lowest BCUT2D eigenvalue weighted by molar-refractivity contribution is 0.627. The summed E-state index contributed by atoms with van der Waals surface area (Å²) in [6.45, 7) is 1.96. The lowest BCUT2D eigenvalue weighted by atomic mass is 10.0. The highest BCUT2D eigenvalue weighted by Crippen LogP contribution is 2.23. The largest absolute Gasteiger partial charge is 0.324 e. The van der Waals surface area contributed by atoms with Crippen LogP contribution in [0.4, 0.5) is 4.39 Å². The monoisotopic (exact) mass is 281 g/mol. The molecule has 0 bridgehead atoms. The van der Waals surface area contributed by atoms with Gasteiger partial charge in [-0.25, -0.2) is 9.07 Å². The van der Waals surface area contributed by atoms with Crippen molar-refractivity contribution in [3.05, 3.63) is 72.3 Å². The zero-order valence-corrected chi connectivity index (χ0v) is 11.7. The van der Waals surface area contributed by atoms with Crippen LogP contribution >= 0.6 is 0 Å². The van der Waals surface area contributed by atoms with E-state index in [0.717, 1.165) is 22.4 Å². The van der Waals surface area contributed by atoms with Crippen molar-refractivity contribution in [2.45, 2.75) is 13.0 Å². The van der Waals surface area contributed by atoms with Gasteiger partial charge in [0.2, 0.25) is 0 Å². The molecule has 0 spiro atoms. The summed E-state index contributed by atoms with van der Waals surface area (Å²) in [5, 5.41) is 4.33. The molecule has 0 fully saturated rings. The van der Waals surface area contributed by atoms with E-state index in [0.29, 0.717) is 0 Å². The maximum absolute atomic E-state index is 13.0. The summed E-state index contributed by atoms with van der Waals surface area (Å²) in [6, 6.07) is 14.3. The Morgan fingerprint density at radius 2 is 1.86 bits per heavy atom. The summed E-state index contributed by atoms with van der Waals surface area (Å²) in [7, 11) is 0. The van der Waals surface area contributed by atoms with Crippen molar-refractivity contribution in [3.8, 4) is 16.8 Å². The van der Waals surface area contributed by atoms with E-state index in [1.54, 1.807) is 23.0 Å². The zero-order valence-electron chi connectivity index (χ0n) is 11.7. The minimum atomic E-state index is -0.254. The molecule has 0 radical (unpaired) electrons. The number of hydrogen-bond donors (Lipinski definition) is 1. The van der Waals surface area contributed by atoms with Crippen molar-refractivity contribution in [2.75, 3.05) is 0 Å². The Kier molecular flexibility index (Phi) is 3.54. The summed E-state index contributed by atoms with van der Waals surface area (Å²) < 4.78 is 14.7. The van der Waals surface area contributed by atoms with E-state index in [4.69, 9.17) is 5.73 Å². The molecule has 1 unspecified atom stereocenters. The van der Waals surface area contributed by atoms with Crippen LogP contribution in [0.15, 0.2) is 60.9 Å². The van der Waals surface area contributed by atoms with Crippen molar-refractivity contribution in [3.63, 3.8) is 0 Å². The molecular weight excluding hydrogens is 265 g/mol. The van der Waals surface area contributed by atoms with E-state index in [9.17, 15) is 4.39 Å². The predicted octanol–water partition coefficient (Wildman–Crippen LogP) is 3.70. The Morgan fingerprint density at radius 3 is 2.57 bits per heavy atom. The van der Waals surface area contributed by atoms with Gasteiger partial charge in [-0.3, -0.25) is 0 Å². The molecule has 0 aliphatic heterocycles. The van der Waals surface area contributed by atoms with E-state index in [1.165, 1.54) is 12.1 Å². The van der Waals surface area contributed by atoms with Gasteiger partial charge in [-0.15, -0.1) is 0 Å². The van der Waals surface area contributed by atoms with Crippen LogP contribution in [-0.2, 0) is 0 Å². The Labute approximate surface area is 122 Å². The van der Waals surface area contributed by atoms with Gasteiger partial charge < -0.3 is 5.73 Å². The van der Waals surface area contributed by atoms with E-state index < -0.39 is 0 Å². The van der Waals surface area contributed by atoms with Gasteiger partial charge in [0, 0.05) is 17.8 Å². The fourth-order valence-corrected chi connectivity index (χ4v) is 2.21. The quantitative estimate of drug-likeness (QED) is 0.795. The predicted molar refractivity (Wildman–Crippen MR) is 81.6 cm³/mol. The molecular formula is C17H16FN3. The van der Waals surface area contributed by atoms with Crippen LogP contribution in [-0.4, -0.2) is 9.78 Å². The average molecular weight is 281 g/mol. The molecule has 0 aliphatic carbocycles. The topological polar surface area (TPSA) is 43.8 Å². The molecule has 0 saturated heterocycles. The van der Waals surface area contributed by atoms with Crippen LogP contribution in [0, 0.1) is 5.82 Å². The third-order valence-corrected chi connectivity index (χ3v) is 3.42. The number of aromatic nitrogens is 2. The van der Waals surface area contributed by atoms with Gasteiger partial charge in [0.05, 0.1) is 11.9 Å². The Hall–Kier alpha value is -2.46. The number of nitrogens with zero attached hydrogens (tertiary/aromatic N) is 2. The molecule has 1 atom stereocenters. The van der Waals surface area contributed by atoms with Crippen LogP contribution in [0.3, 0.4) is 0 Å². The van der Waals surface area contributed by atoms with Gasteiger partial charge in [-0.2, -0.15) is 5.10 Å². The molecule has 3 nitrogen and oxygen atoms in total. The van der Waals surface area contributed by atoms with Crippen LogP contribution < -0.4 is 5.73 Å². The highest BCUT2D eigenvalue weighted by atomic mass is 19.1. The molecule has 21 heavy (non-hydrogen) atoms. The minimum absolute atomic E-state index is 0.00269. The van der Waals surface area contributed by atoms with Crippen molar-refractivity contribution < 1.29 is 4.39 Å². The smallest absolute Gasteiger partial charge is 0.123 e. The van der Waals surface area contributed by atoms with Gasteiger partial charge in [-0.1, -0.05) is 18.2 Å². The molecule has 2 N–H and O–H groups in total. The highest BCUT2D eigenvalue weighted by Gasteiger charge is 2.06. The number of benzene rings is 2. The Morgan fingerprint density at radius 1 is 1.10 bits per heavy atom. The van der Waals surface area contributed by atoms with Gasteiger partial charge >= 0.3 is 0 Å². The number of nitrogens with two attached hydrogens (primary N) is 1. The second-order valence-electron chi connectivity index (χ2n) is 5.06. The SMILES string of the molecule is CC(N)c1cccc(-c2cnn(-c3ccc(F)cc3)c2)c1. The second-order valence-corrected chi connectivity index (χ2v) is 5.06. The second kappa shape index (κ2) is 5.50. The minimum Gasteiger partial charge on any atom is -0.324 e. The summed E-state index contributed by atoms with van der Waals surface area (Å²) in [4.78, 5) is 0. The van der Waals surface area contributed by atoms with Crippen molar-refractivity contribution in [1.82, 2.24) is 9.78 Å². The summed E-state index contributed by atoms with van der Waals surface area (Å²) in [5.41, 5.74) is 9.89. The molecule has 0 saturated carbocycles. The summed E-state index contributed by atoms with van der Waals surface area (Å²) >= 11 is 0. The normalized spacial score (nSPS) is 12.3. The standard InChI is InChI=1S/C17H16FN3/c1-12(19)13-3-2-4-14(9-13)15-10-20-21(11-15)17-7-5-16(18)6-8-17/h2-12H,19H2,1H3. The first-order valence-corrected chi connectivity index (χ1v) is 6.80. The lowest BCUT2D eigenvalue weighted by Gasteiger charge is -2.06. The van der Waals surface area contributed by atoms with Crippen LogP contribution in [0.2, 0.25) is 0 Å². The molecule has 1 heterocycles. The number of rotatable bonds is 3. The van der Waals surface area contributed by atoms with Crippen molar-refractivity contribution >= 4 is 0 Å². The molecule has 0 aliphatic rings. The molecule has 0 amide bonds. The maximum atomic E-state index is 13.0. The third-order valence-electron chi connectivity index (χ3n) is 3.42. The van der Waals surface area contributed by atoms with E-state index in [2.05, 4.69) is 11.2 Å². The third kappa shape index (κ3) is 2.85. The average Bonchev–Trinajstić information content (AvgIpc) is 2.98. The van der Waals surface area contributed by atoms with Crippen LogP contribution in [0.25, 0.3) is 16.8 Å². The summed E-state index contributed by atoms with van der Waals surface area (Å²) in [5.74, 6) is -0.254. The van der Waals surface area contributed by atoms with Crippen LogP contribution in [0.1, 0.15) is 18.5 Å². The van der Waals surface area contributed by atoms with Gasteiger partial charge in [0.15, 0.2) is 0 Å². The first-order valence-electron chi connectivity index (χ1n) is 6.80. The molecule has 2 aromatic carbocycles. The fourth-order valence-electron chi connectivity index (χ4n) is 2.21. The molecule has 3 rings (SSSR count). The zero-order chi connectivity index (χ0) is 14.8. The highest BCUT2D eigenvalue weighted by molar-refractivity contribution is 5.63. The number of halogens is 1. The van der Waals surface area contributed by atoms with E-state index >= 15 is 0 Å². The van der Waals surface area contributed by atoms with Crippen LogP contribution in [0.5, 0.6) is 0 Å². The van der Waals surface area contributed by atoms with Gasteiger partial charge in [0.1, 0.15) is 5.82 Å². The number of hydrogen-bond acceptors (Lipinski definition) is 2. The molecule has 1 aromatic heterocycles. The Balaban J connectivity index is 1.94. The molecule has 4 heteroatoms. The van der Waals surface area contributed by atoms with E-state index in [-0.39, 0.29) is 11.9 Å². The van der Waals surface area contributed by atoms with Crippen molar-refractivity contribution in [1.29, 1.82) is 0 Å². The fraction of sp³-hybridized carbons (Fsp3) is 0.118.